The molecule has 0 radical (unpaired) electrons. The Morgan fingerprint density at radius 1 is 1.56 bits per heavy atom. The van der Waals surface area contributed by atoms with E-state index in [9.17, 15) is 9.59 Å². The molecule has 1 aromatic rings. The van der Waals surface area contributed by atoms with Gasteiger partial charge in [-0.1, -0.05) is 6.92 Å². The molecule has 1 aromatic heterocycles. The van der Waals surface area contributed by atoms with Crippen LogP contribution in [0.5, 0.6) is 0 Å². The molecule has 0 aromatic carbocycles. The van der Waals surface area contributed by atoms with Crippen LogP contribution in [0.1, 0.15) is 29.4 Å². The highest BCUT2D eigenvalue weighted by atomic mass is 16.4. The van der Waals surface area contributed by atoms with Gasteiger partial charge in [0.2, 0.25) is 0 Å². The highest BCUT2D eigenvalue weighted by Gasteiger charge is 2.12. The fourth-order valence-electron chi connectivity index (χ4n) is 1.21. The fourth-order valence-corrected chi connectivity index (χ4v) is 1.21. The average Bonchev–Trinajstić information content (AvgIpc) is 2.38. The summed E-state index contributed by atoms with van der Waals surface area (Å²) in [5, 5.41) is 19.8. The monoisotopic (exact) mass is 247 g/mol. The van der Waals surface area contributed by atoms with Crippen LogP contribution >= 0.6 is 0 Å². The summed E-state index contributed by atoms with van der Waals surface area (Å²) in [4.78, 5) is 26.0. The number of carbonyl (C=O) groups is 2. The van der Waals surface area contributed by atoms with Crippen molar-refractivity contribution in [3.63, 3.8) is 0 Å². The molecule has 0 aliphatic rings. The third-order valence-corrected chi connectivity index (χ3v) is 2.41. The van der Waals surface area contributed by atoms with Gasteiger partial charge >= 0.3 is 5.97 Å². The van der Waals surface area contributed by atoms with E-state index in [-0.39, 0.29) is 18.1 Å². The zero-order valence-corrected chi connectivity index (χ0v) is 9.88. The van der Waals surface area contributed by atoms with E-state index in [1.54, 1.807) is 6.92 Å². The summed E-state index contributed by atoms with van der Waals surface area (Å²) in [7, 11) is 0. The zero-order chi connectivity index (χ0) is 13.5. The van der Waals surface area contributed by atoms with Gasteiger partial charge in [0.1, 0.15) is 11.8 Å². The van der Waals surface area contributed by atoms with E-state index in [1.165, 1.54) is 18.3 Å². The minimum Gasteiger partial charge on any atom is -0.481 e. The quantitative estimate of drug-likeness (QED) is 0.800. The van der Waals surface area contributed by atoms with Crippen LogP contribution in [0, 0.1) is 17.2 Å². The van der Waals surface area contributed by atoms with Crippen LogP contribution < -0.4 is 5.32 Å². The van der Waals surface area contributed by atoms with E-state index in [1.807, 2.05) is 6.07 Å². The number of aromatic nitrogens is 1. The van der Waals surface area contributed by atoms with Crippen LogP contribution in [0.3, 0.4) is 0 Å². The first kappa shape index (κ1) is 13.6. The topological polar surface area (TPSA) is 103 Å². The molecule has 0 spiro atoms. The van der Waals surface area contributed by atoms with Crippen LogP contribution in [-0.4, -0.2) is 28.5 Å². The summed E-state index contributed by atoms with van der Waals surface area (Å²) in [5.74, 6) is -1.77. The van der Waals surface area contributed by atoms with Crippen LogP contribution in [0.4, 0.5) is 0 Å². The van der Waals surface area contributed by atoms with Gasteiger partial charge in [0.15, 0.2) is 0 Å². The molecule has 2 N–H and O–H groups in total. The van der Waals surface area contributed by atoms with Crippen molar-refractivity contribution in [2.45, 2.75) is 13.3 Å². The third-order valence-electron chi connectivity index (χ3n) is 2.41. The lowest BCUT2D eigenvalue weighted by atomic mass is 10.1. The Balaban J connectivity index is 2.46. The summed E-state index contributed by atoms with van der Waals surface area (Å²) in [6, 6.07) is 4.86. The van der Waals surface area contributed by atoms with Crippen LogP contribution in [-0.2, 0) is 4.79 Å². The Labute approximate surface area is 104 Å². The molecule has 1 atom stereocenters. The molecular formula is C12H13N3O3. The van der Waals surface area contributed by atoms with Crippen molar-refractivity contribution in [2.24, 2.45) is 5.92 Å². The molecule has 1 amide bonds. The van der Waals surface area contributed by atoms with Crippen LogP contribution in [0.2, 0.25) is 0 Å². The molecule has 0 saturated heterocycles. The van der Waals surface area contributed by atoms with Gasteiger partial charge in [0.25, 0.3) is 5.91 Å². The largest absolute Gasteiger partial charge is 0.481 e. The summed E-state index contributed by atoms with van der Waals surface area (Å²) < 4.78 is 0. The van der Waals surface area contributed by atoms with Crippen molar-refractivity contribution in [1.82, 2.24) is 10.3 Å². The third kappa shape index (κ3) is 3.87. The number of nitriles is 1. The van der Waals surface area contributed by atoms with Gasteiger partial charge in [-0.3, -0.25) is 9.59 Å². The molecule has 1 rings (SSSR count). The summed E-state index contributed by atoms with van der Waals surface area (Å²) >= 11 is 0. The molecule has 0 bridgehead atoms. The van der Waals surface area contributed by atoms with Gasteiger partial charge in [0.05, 0.1) is 11.5 Å². The number of nitrogens with one attached hydrogen (secondary N) is 1. The average molecular weight is 247 g/mol. The van der Waals surface area contributed by atoms with E-state index < -0.39 is 11.9 Å². The Bertz CT molecular complexity index is 476. The summed E-state index contributed by atoms with van der Waals surface area (Å²) in [6.07, 6.45) is 1.67. The van der Waals surface area contributed by atoms with E-state index in [2.05, 4.69) is 10.3 Å². The van der Waals surface area contributed by atoms with Gasteiger partial charge in [0, 0.05) is 12.7 Å². The van der Waals surface area contributed by atoms with E-state index >= 15 is 0 Å². The normalized spacial score (nSPS) is 11.3. The molecule has 6 nitrogen and oxygen atoms in total. The minimum absolute atomic E-state index is 0.206. The Kier molecular flexibility index (Phi) is 4.81. The maximum absolute atomic E-state index is 11.6. The first-order chi connectivity index (χ1) is 8.54. The second kappa shape index (κ2) is 6.35. The SMILES string of the molecule is CC(CCNC(=O)c1ccc(C#N)cn1)C(=O)O. The number of rotatable bonds is 5. The van der Waals surface area contributed by atoms with Crippen molar-refractivity contribution in [1.29, 1.82) is 5.26 Å². The number of hydrogen-bond donors (Lipinski definition) is 2. The number of carboxylic acids is 1. The second-order valence-electron chi connectivity index (χ2n) is 3.83. The number of hydrogen-bond acceptors (Lipinski definition) is 4. The van der Waals surface area contributed by atoms with E-state index in [0.717, 1.165) is 0 Å². The number of aliphatic carboxylic acids is 1. The van der Waals surface area contributed by atoms with E-state index in [0.29, 0.717) is 12.0 Å². The Morgan fingerprint density at radius 3 is 2.78 bits per heavy atom. The van der Waals surface area contributed by atoms with Crippen molar-refractivity contribution >= 4 is 11.9 Å². The van der Waals surface area contributed by atoms with Crippen LogP contribution in [0.25, 0.3) is 0 Å². The van der Waals surface area contributed by atoms with Gasteiger partial charge in [-0.2, -0.15) is 5.26 Å². The molecule has 1 unspecified atom stereocenters. The minimum atomic E-state index is -0.888. The van der Waals surface area contributed by atoms with Crippen molar-refractivity contribution < 1.29 is 14.7 Å². The molecule has 1 heterocycles. The molecule has 0 fully saturated rings. The Morgan fingerprint density at radius 2 is 2.28 bits per heavy atom. The molecule has 0 saturated carbocycles. The second-order valence-corrected chi connectivity index (χ2v) is 3.83. The molecule has 6 heteroatoms. The van der Waals surface area contributed by atoms with E-state index in [4.69, 9.17) is 10.4 Å². The lowest BCUT2D eigenvalue weighted by molar-refractivity contribution is -0.141. The van der Waals surface area contributed by atoms with Gasteiger partial charge in [-0.15, -0.1) is 0 Å². The smallest absolute Gasteiger partial charge is 0.306 e. The number of carboxylic acid groups (broad SMARTS) is 1. The van der Waals surface area contributed by atoms with Crippen molar-refractivity contribution in [3.8, 4) is 6.07 Å². The molecular weight excluding hydrogens is 234 g/mol. The van der Waals surface area contributed by atoms with Gasteiger partial charge < -0.3 is 10.4 Å². The van der Waals surface area contributed by atoms with Crippen molar-refractivity contribution in [2.75, 3.05) is 6.54 Å². The summed E-state index contributed by atoms with van der Waals surface area (Å²) in [6.45, 7) is 1.85. The Hall–Kier alpha value is -2.42. The number of pyridine rings is 1. The number of amides is 1. The molecule has 94 valence electrons. The predicted octanol–water partition coefficient (Wildman–Crippen LogP) is 0.794. The predicted molar refractivity (Wildman–Crippen MR) is 62.7 cm³/mol. The maximum atomic E-state index is 11.6. The van der Waals surface area contributed by atoms with Gasteiger partial charge in [-0.25, -0.2) is 4.98 Å². The molecule has 0 aliphatic heterocycles. The first-order valence-electron chi connectivity index (χ1n) is 5.41. The number of carbonyl (C=O) groups excluding carboxylic acids is 1. The zero-order valence-electron chi connectivity index (χ0n) is 9.88. The van der Waals surface area contributed by atoms with Crippen LogP contribution in [0.15, 0.2) is 18.3 Å². The maximum Gasteiger partial charge on any atom is 0.306 e. The van der Waals surface area contributed by atoms with Crippen molar-refractivity contribution in [3.05, 3.63) is 29.6 Å². The first-order valence-corrected chi connectivity index (χ1v) is 5.41. The van der Waals surface area contributed by atoms with Gasteiger partial charge in [-0.05, 0) is 18.6 Å². The lowest BCUT2D eigenvalue weighted by Gasteiger charge is -2.07. The molecule has 18 heavy (non-hydrogen) atoms. The standard InChI is InChI=1S/C12H13N3O3/c1-8(12(17)18)4-5-14-11(16)10-3-2-9(6-13)7-15-10/h2-3,7-8H,4-5H2,1H3,(H,14,16)(H,17,18). The summed E-state index contributed by atoms with van der Waals surface area (Å²) in [5.41, 5.74) is 0.586. The lowest BCUT2D eigenvalue weighted by Crippen LogP contribution is -2.27. The number of nitrogens with zero attached hydrogens (tertiary/aromatic N) is 2. The highest BCUT2D eigenvalue weighted by molar-refractivity contribution is 5.92. The highest BCUT2D eigenvalue weighted by Crippen LogP contribution is 2.01. The fraction of sp³-hybridized carbons (Fsp3) is 0.333. The molecule has 0 aliphatic carbocycles.